The molecule has 9 heteroatoms. The van der Waals surface area contributed by atoms with Crippen LogP contribution in [0.1, 0.15) is 5.56 Å². The van der Waals surface area contributed by atoms with Gasteiger partial charge in [-0.05, 0) is 35.9 Å². The van der Waals surface area contributed by atoms with E-state index in [0.29, 0.717) is 22.6 Å². The van der Waals surface area contributed by atoms with Gasteiger partial charge in [-0.2, -0.15) is 0 Å². The predicted octanol–water partition coefficient (Wildman–Crippen LogP) is 4.25. The average molecular weight is 451 g/mol. The first-order valence-corrected chi connectivity index (χ1v) is 11.2. The van der Waals surface area contributed by atoms with Crippen molar-refractivity contribution in [1.82, 2.24) is 9.97 Å². The van der Waals surface area contributed by atoms with Gasteiger partial charge in [0.25, 0.3) is 10.0 Å². The van der Waals surface area contributed by atoms with Crippen LogP contribution in [0, 0.1) is 0 Å². The fourth-order valence-corrected chi connectivity index (χ4v) is 5.24. The number of anilines is 2. The van der Waals surface area contributed by atoms with Crippen molar-refractivity contribution in [1.29, 1.82) is 0 Å². The van der Waals surface area contributed by atoms with Crippen LogP contribution in [0.4, 0.5) is 11.4 Å². The second kappa shape index (κ2) is 7.33. The fourth-order valence-electron chi connectivity index (χ4n) is 3.61. The third-order valence-corrected chi connectivity index (χ3v) is 6.85. The van der Waals surface area contributed by atoms with Gasteiger partial charge in [0.1, 0.15) is 11.2 Å². The first kappa shape index (κ1) is 19.5. The van der Waals surface area contributed by atoms with E-state index in [2.05, 4.69) is 20.0 Å². The van der Waals surface area contributed by atoms with Crippen molar-refractivity contribution >= 4 is 49.8 Å². The number of nitrogens with one attached hydrogen (secondary N) is 2. The molecule has 4 aromatic rings. The quantitative estimate of drug-likeness (QED) is 0.484. The third-order valence-electron chi connectivity index (χ3n) is 5.00. The number of sulfonamides is 1. The maximum absolute atomic E-state index is 13.0. The first-order chi connectivity index (χ1) is 14.9. The smallest absolute Gasteiger partial charge is 0.263 e. The summed E-state index contributed by atoms with van der Waals surface area (Å²) in [5.41, 5.74) is 3.74. The molecule has 0 saturated heterocycles. The van der Waals surface area contributed by atoms with Crippen molar-refractivity contribution in [3.8, 4) is 11.3 Å². The van der Waals surface area contributed by atoms with Crippen LogP contribution in [0.25, 0.3) is 22.2 Å². The van der Waals surface area contributed by atoms with Crippen LogP contribution in [-0.4, -0.2) is 24.3 Å². The van der Waals surface area contributed by atoms with Gasteiger partial charge in [-0.15, -0.1) is 0 Å². The van der Waals surface area contributed by atoms with Gasteiger partial charge in [-0.1, -0.05) is 41.9 Å². The minimum atomic E-state index is -3.98. The summed E-state index contributed by atoms with van der Waals surface area (Å²) in [5.74, 6) is -0.196. The summed E-state index contributed by atoms with van der Waals surface area (Å²) in [6.45, 7) is 0. The van der Waals surface area contributed by atoms with Crippen molar-refractivity contribution in [3.63, 3.8) is 0 Å². The number of benzene rings is 3. The number of carbonyl (C=O) groups is 1. The summed E-state index contributed by atoms with van der Waals surface area (Å²) in [4.78, 5) is 20.2. The first-order valence-electron chi connectivity index (χ1n) is 9.36. The number of hydrogen-bond acceptors (Lipinski definition) is 5. The number of aromatic nitrogens is 2. The number of rotatable bonds is 4. The molecule has 0 saturated carbocycles. The largest absolute Gasteiger partial charge is 0.325 e. The molecule has 7 nitrogen and oxygen atoms in total. The van der Waals surface area contributed by atoms with E-state index in [-0.39, 0.29) is 22.2 Å². The lowest BCUT2D eigenvalue weighted by Crippen LogP contribution is -2.14. The molecule has 0 spiro atoms. The molecular weight excluding hydrogens is 436 g/mol. The molecule has 154 valence electrons. The Labute approximate surface area is 183 Å². The minimum absolute atomic E-state index is 0.0337. The summed E-state index contributed by atoms with van der Waals surface area (Å²) >= 11 is 6.21. The van der Waals surface area contributed by atoms with Gasteiger partial charge in [0.05, 0.1) is 22.7 Å². The maximum Gasteiger partial charge on any atom is 0.263 e. The predicted molar refractivity (Wildman–Crippen MR) is 120 cm³/mol. The van der Waals surface area contributed by atoms with E-state index in [0.717, 1.165) is 16.5 Å². The molecule has 3 aromatic carbocycles. The molecule has 2 heterocycles. The molecule has 0 unspecified atom stereocenters. The summed E-state index contributed by atoms with van der Waals surface area (Å²) in [7, 11) is -3.98. The maximum atomic E-state index is 13.0. The number of halogens is 1. The van der Waals surface area contributed by atoms with Crippen molar-refractivity contribution in [3.05, 3.63) is 77.6 Å². The molecule has 0 radical (unpaired) electrons. The van der Waals surface area contributed by atoms with Gasteiger partial charge in [-0.3, -0.25) is 9.52 Å². The van der Waals surface area contributed by atoms with E-state index in [9.17, 15) is 13.2 Å². The van der Waals surface area contributed by atoms with Crippen LogP contribution in [0.3, 0.4) is 0 Å². The molecule has 0 atom stereocenters. The summed E-state index contributed by atoms with van der Waals surface area (Å²) in [5, 5.41) is 3.55. The van der Waals surface area contributed by atoms with Gasteiger partial charge >= 0.3 is 0 Å². The molecule has 1 amide bonds. The van der Waals surface area contributed by atoms with Crippen molar-refractivity contribution in [2.24, 2.45) is 0 Å². The third kappa shape index (κ3) is 3.60. The Morgan fingerprint density at radius 2 is 1.84 bits per heavy atom. The van der Waals surface area contributed by atoms with Gasteiger partial charge in [0.15, 0.2) is 0 Å². The second-order valence-electron chi connectivity index (χ2n) is 7.09. The fraction of sp³-hybridized carbons (Fsp3) is 0.0455. The van der Waals surface area contributed by atoms with Crippen LogP contribution in [0.15, 0.2) is 71.9 Å². The summed E-state index contributed by atoms with van der Waals surface area (Å²) in [6.07, 6.45) is 1.60. The monoisotopic (exact) mass is 450 g/mol. The van der Waals surface area contributed by atoms with Crippen LogP contribution in [0.5, 0.6) is 0 Å². The van der Waals surface area contributed by atoms with Gasteiger partial charge in [0.2, 0.25) is 5.91 Å². The Morgan fingerprint density at radius 3 is 2.71 bits per heavy atom. The van der Waals surface area contributed by atoms with Crippen molar-refractivity contribution < 1.29 is 13.2 Å². The topological polar surface area (TPSA) is 101 Å². The van der Waals surface area contributed by atoms with Gasteiger partial charge < -0.3 is 5.32 Å². The van der Waals surface area contributed by atoms with Gasteiger partial charge in [0, 0.05) is 22.3 Å². The second-order valence-corrected chi connectivity index (χ2v) is 9.15. The number of hydrogen-bond donors (Lipinski definition) is 2. The lowest BCUT2D eigenvalue weighted by molar-refractivity contribution is -0.115. The molecule has 0 aliphatic carbocycles. The number of amides is 1. The lowest BCUT2D eigenvalue weighted by atomic mass is 10.1. The zero-order chi connectivity index (χ0) is 21.6. The Balaban J connectivity index is 1.52. The van der Waals surface area contributed by atoms with E-state index in [1.165, 1.54) is 18.5 Å². The highest BCUT2D eigenvalue weighted by Gasteiger charge is 2.25. The summed E-state index contributed by atoms with van der Waals surface area (Å²) < 4.78 is 28.6. The number of nitrogens with zero attached hydrogens (tertiary/aromatic N) is 2. The van der Waals surface area contributed by atoms with Crippen LogP contribution >= 0.6 is 11.6 Å². The molecular formula is C22H15ClN4O3S. The molecule has 1 aliphatic heterocycles. The molecule has 2 N–H and O–H groups in total. The zero-order valence-electron chi connectivity index (χ0n) is 16.0. The highest BCUT2D eigenvalue weighted by atomic mass is 35.5. The van der Waals surface area contributed by atoms with E-state index in [4.69, 9.17) is 11.6 Å². The summed E-state index contributed by atoms with van der Waals surface area (Å²) in [6, 6.07) is 17.5. The molecule has 0 bridgehead atoms. The Bertz CT molecular complexity index is 1470. The number of fused-ring (bicyclic) bond motifs is 2. The zero-order valence-corrected chi connectivity index (χ0v) is 17.5. The standard InChI is InChI=1S/C22H15ClN4O3S/c23-17-11-19-14(10-21(28)26-19)9-20(17)31(29,30)27-15-5-3-4-13(8-15)22-16-6-1-2-7-18(16)24-12-25-22/h1-9,11-12,27H,10H2,(H,26,28). The van der Waals surface area contributed by atoms with Crippen molar-refractivity contribution in [2.75, 3.05) is 10.0 Å². The molecule has 1 aromatic heterocycles. The lowest BCUT2D eigenvalue weighted by Gasteiger charge is -2.12. The molecule has 31 heavy (non-hydrogen) atoms. The molecule has 0 fully saturated rings. The van der Waals surface area contributed by atoms with E-state index < -0.39 is 10.0 Å². The van der Waals surface area contributed by atoms with Gasteiger partial charge in [-0.25, -0.2) is 18.4 Å². The molecule has 1 aliphatic rings. The van der Waals surface area contributed by atoms with Crippen molar-refractivity contribution in [2.45, 2.75) is 11.3 Å². The normalized spacial score (nSPS) is 13.1. The van der Waals surface area contributed by atoms with E-state index in [1.54, 1.807) is 18.2 Å². The van der Waals surface area contributed by atoms with Crippen LogP contribution < -0.4 is 10.0 Å². The number of carbonyl (C=O) groups excluding carboxylic acids is 1. The highest BCUT2D eigenvalue weighted by molar-refractivity contribution is 7.92. The Morgan fingerprint density at radius 1 is 1.00 bits per heavy atom. The highest BCUT2D eigenvalue weighted by Crippen LogP contribution is 2.34. The van der Waals surface area contributed by atoms with E-state index in [1.807, 2.05) is 30.3 Å². The van der Waals surface area contributed by atoms with Crippen LogP contribution in [-0.2, 0) is 21.2 Å². The number of para-hydroxylation sites is 1. The average Bonchev–Trinajstić information content (AvgIpc) is 3.11. The van der Waals surface area contributed by atoms with Crippen LogP contribution in [0.2, 0.25) is 5.02 Å². The Kier molecular flexibility index (Phi) is 4.60. The minimum Gasteiger partial charge on any atom is -0.325 e. The van der Waals surface area contributed by atoms with E-state index >= 15 is 0 Å². The molecule has 5 rings (SSSR count). The SMILES string of the molecule is O=C1Cc2cc(S(=O)(=O)Nc3cccc(-c4ncnc5ccccc45)c3)c(Cl)cc2N1. The Hall–Kier alpha value is -3.49.